The lowest BCUT2D eigenvalue weighted by Crippen LogP contribution is -2.54. The van der Waals surface area contributed by atoms with E-state index in [1.807, 2.05) is 30.9 Å². The van der Waals surface area contributed by atoms with Gasteiger partial charge in [0, 0.05) is 54.8 Å². The zero-order valence-corrected chi connectivity index (χ0v) is 17.6. The van der Waals surface area contributed by atoms with Gasteiger partial charge in [-0.2, -0.15) is 5.10 Å². The Bertz CT molecular complexity index is 1150. The highest BCUT2D eigenvalue weighted by Gasteiger charge is 2.27. The van der Waals surface area contributed by atoms with E-state index in [9.17, 15) is 14.7 Å². The van der Waals surface area contributed by atoms with Gasteiger partial charge in [0.05, 0.1) is 18.4 Å². The fraction of sp³-hybridized carbons (Fsp3) is 0.381. The number of aryl methyl sites for hydroxylation is 2. The quantitative estimate of drug-likeness (QED) is 0.677. The molecule has 3 aromatic rings. The predicted octanol–water partition coefficient (Wildman–Crippen LogP) is 2.15. The molecule has 0 aromatic carbocycles. The Hall–Kier alpha value is -3.69. The van der Waals surface area contributed by atoms with Crippen LogP contribution in [0, 0.1) is 13.8 Å². The molecule has 3 aromatic heterocycles. The van der Waals surface area contributed by atoms with Gasteiger partial charge >= 0.3 is 6.09 Å². The molecule has 4 heterocycles. The van der Waals surface area contributed by atoms with Gasteiger partial charge in [-0.3, -0.25) is 9.78 Å². The van der Waals surface area contributed by atoms with Gasteiger partial charge in [0.15, 0.2) is 0 Å². The summed E-state index contributed by atoms with van der Waals surface area (Å²) in [7, 11) is 0. The van der Waals surface area contributed by atoms with Gasteiger partial charge in [-0.1, -0.05) is 5.16 Å². The van der Waals surface area contributed by atoms with E-state index in [2.05, 4.69) is 15.2 Å². The third kappa shape index (κ3) is 4.14. The smallest absolute Gasteiger partial charge is 0.407 e. The first-order valence-corrected chi connectivity index (χ1v) is 10.0. The molecule has 1 N–H and O–H groups in total. The minimum Gasteiger partial charge on any atom is -0.465 e. The molecule has 1 aliphatic heterocycles. The molecule has 0 saturated carbocycles. The van der Waals surface area contributed by atoms with E-state index in [0.29, 0.717) is 36.8 Å². The molecule has 0 bridgehead atoms. The average Bonchev–Trinajstić information content (AvgIpc) is 3.10. The number of hydrogen-bond donors (Lipinski definition) is 1. The molecule has 0 unspecified atom stereocenters. The molecule has 1 atom stereocenters. The van der Waals surface area contributed by atoms with Crippen LogP contribution < -0.4 is 10.5 Å². The van der Waals surface area contributed by atoms with Crippen LogP contribution >= 0.6 is 0 Å². The van der Waals surface area contributed by atoms with Gasteiger partial charge in [-0.15, -0.1) is 0 Å². The summed E-state index contributed by atoms with van der Waals surface area (Å²) in [6, 6.07) is 5.18. The zero-order valence-electron chi connectivity index (χ0n) is 17.6. The van der Waals surface area contributed by atoms with Crippen LogP contribution in [0.1, 0.15) is 23.9 Å². The highest BCUT2D eigenvalue weighted by molar-refractivity contribution is 5.66. The number of aromatic nitrogens is 4. The standard InChI is InChI=1S/C21H24N6O4/c1-13-4-5-16(9-22-13)20-18(15(3)31-24-20)12-27-19(28)8-17(10-23-27)25-6-7-26(21(29)30)14(2)11-25/h4-5,8-10,14H,6-7,11-12H2,1-3H3,(H,29,30)/t14-/m1/s1. The number of carbonyl (C=O) groups is 1. The fourth-order valence-electron chi connectivity index (χ4n) is 3.75. The summed E-state index contributed by atoms with van der Waals surface area (Å²) in [6.07, 6.45) is 2.44. The van der Waals surface area contributed by atoms with Crippen molar-refractivity contribution in [2.75, 3.05) is 24.5 Å². The molecule has 1 amide bonds. The van der Waals surface area contributed by atoms with Gasteiger partial charge in [-0.05, 0) is 32.9 Å². The Morgan fingerprint density at radius 2 is 2.06 bits per heavy atom. The average molecular weight is 424 g/mol. The largest absolute Gasteiger partial charge is 0.465 e. The molecule has 0 aliphatic carbocycles. The number of nitrogens with zero attached hydrogens (tertiary/aromatic N) is 6. The second-order valence-corrected chi connectivity index (χ2v) is 7.73. The molecule has 0 radical (unpaired) electrons. The first kappa shape index (κ1) is 20.6. The van der Waals surface area contributed by atoms with Crippen molar-refractivity contribution in [2.45, 2.75) is 33.4 Å². The van der Waals surface area contributed by atoms with Crippen molar-refractivity contribution in [1.82, 2.24) is 24.8 Å². The van der Waals surface area contributed by atoms with Gasteiger partial charge in [0.2, 0.25) is 0 Å². The first-order chi connectivity index (χ1) is 14.8. The van der Waals surface area contributed by atoms with Crippen molar-refractivity contribution >= 4 is 11.8 Å². The molecule has 10 heteroatoms. The zero-order chi connectivity index (χ0) is 22.1. The highest BCUT2D eigenvalue weighted by Crippen LogP contribution is 2.25. The SMILES string of the molecule is Cc1ccc(-c2noc(C)c2Cn2ncc(N3CCN(C(=O)O)[C@H](C)C3)cc2=O)cn1. The highest BCUT2D eigenvalue weighted by atomic mass is 16.5. The first-order valence-electron chi connectivity index (χ1n) is 10.0. The number of carboxylic acid groups (broad SMARTS) is 1. The molecular formula is C21H24N6O4. The molecule has 1 saturated heterocycles. The van der Waals surface area contributed by atoms with Crippen LogP contribution in [0.3, 0.4) is 0 Å². The molecule has 1 fully saturated rings. The molecule has 10 nitrogen and oxygen atoms in total. The summed E-state index contributed by atoms with van der Waals surface area (Å²) in [5.41, 5.74) is 3.56. The Morgan fingerprint density at radius 3 is 2.71 bits per heavy atom. The number of pyridine rings is 1. The second-order valence-electron chi connectivity index (χ2n) is 7.73. The summed E-state index contributed by atoms with van der Waals surface area (Å²) in [4.78, 5) is 31.7. The topological polar surface area (TPSA) is 118 Å². The van der Waals surface area contributed by atoms with Crippen molar-refractivity contribution in [2.24, 2.45) is 0 Å². The number of piperazine rings is 1. The van der Waals surface area contributed by atoms with Gasteiger partial charge in [0.25, 0.3) is 5.56 Å². The molecule has 0 spiro atoms. The van der Waals surface area contributed by atoms with Crippen molar-refractivity contribution in [3.63, 3.8) is 0 Å². The van der Waals surface area contributed by atoms with E-state index in [4.69, 9.17) is 4.52 Å². The van der Waals surface area contributed by atoms with Crippen molar-refractivity contribution in [3.05, 3.63) is 58.0 Å². The normalized spacial score (nSPS) is 16.5. The molecule has 31 heavy (non-hydrogen) atoms. The maximum Gasteiger partial charge on any atom is 0.407 e. The summed E-state index contributed by atoms with van der Waals surface area (Å²) < 4.78 is 6.74. The van der Waals surface area contributed by atoms with E-state index in [1.165, 1.54) is 15.6 Å². The van der Waals surface area contributed by atoms with Gasteiger partial charge in [-0.25, -0.2) is 9.48 Å². The Labute approximate surface area is 178 Å². The third-order valence-corrected chi connectivity index (χ3v) is 5.57. The predicted molar refractivity (Wildman–Crippen MR) is 113 cm³/mol. The maximum atomic E-state index is 12.8. The van der Waals surface area contributed by atoms with E-state index in [-0.39, 0.29) is 18.1 Å². The van der Waals surface area contributed by atoms with Gasteiger partial charge < -0.3 is 19.4 Å². The second kappa shape index (κ2) is 8.21. The summed E-state index contributed by atoms with van der Waals surface area (Å²) in [6.45, 7) is 7.19. The van der Waals surface area contributed by atoms with E-state index in [1.54, 1.807) is 19.3 Å². The summed E-state index contributed by atoms with van der Waals surface area (Å²) in [5.74, 6) is 0.618. The van der Waals surface area contributed by atoms with Crippen LogP contribution in [0.2, 0.25) is 0 Å². The number of amides is 1. The fourth-order valence-corrected chi connectivity index (χ4v) is 3.75. The van der Waals surface area contributed by atoms with Crippen LogP contribution in [0.25, 0.3) is 11.3 Å². The van der Waals surface area contributed by atoms with Crippen LogP contribution in [-0.4, -0.2) is 61.7 Å². The summed E-state index contributed by atoms with van der Waals surface area (Å²) in [5, 5.41) is 17.7. The monoisotopic (exact) mass is 424 g/mol. The third-order valence-electron chi connectivity index (χ3n) is 5.57. The van der Waals surface area contributed by atoms with Crippen LogP contribution in [0.15, 0.2) is 39.9 Å². The Morgan fingerprint density at radius 1 is 1.26 bits per heavy atom. The minimum absolute atomic E-state index is 0.168. The number of rotatable bonds is 4. The molecule has 162 valence electrons. The lowest BCUT2D eigenvalue weighted by molar-refractivity contribution is 0.122. The lowest BCUT2D eigenvalue weighted by atomic mass is 10.1. The Kier molecular flexibility index (Phi) is 5.45. The van der Waals surface area contributed by atoms with E-state index < -0.39 is 6.09 Å². The lowest BCUT2D eigenvalue weighted by Gasteiger charge is -2.39. The molecule has 1 aliphatic rings. The van der Waals surface area contributed by atoms with Crippen molar-refractivity contribution < 1.29 is 14.4 Å². The maximum absolute atomic E-state index is 12.8. The summed E-state index contributed by atoms with van der Waals surface area (Å²) >= 11 is 0. The number of anilines is 1. The molecule has 4 rings (SSSR count). The minimum atomic E-state index is -0.927. The van der Waals surface area contributed by atoms with E-state index in [0.717, 1.165) is 16.8 Å². The van der Waals surface area contributed by atoms with Crippen LogP contribution in [0.4, 0.5) is 10.5 Å². The Balaban J connectivity index is 1.55. The van der Waals surface area contributed by atoms with Crippen molar-refractivity contribution in [3.8, 4) is 11.3 Å². The molecular weight excluding hydrogens is 400 g/mol. The van der Waals surface area contributed by atoms with Crippen molar-refractivity contribution in [1.29, 1.82) is 0 Å². The van der Waals surface area contributed by atoms with E-state index >= 15 is 0 Å². The van der Waals surface area contributed by atoms with Gasteiger partial charge in [0.1, 0.15) is 11.5 Å². The van der Waals surface area contributed by atoms with Crippen LogP contribution in [-0.2, 0) is 6.54 Å². The number of hydrogen-bond acceptors (Lipinski definition) is 7. The van der Waals surface area contributed by atoms with Crippen LogP contribution in [0.5, 0.6) is 0 Å².